The molecule has 1 aromatic heterocycles. The zero-order valence-corrected chi connectivity index (χ0v) is 12.3. The molecule has 3 aromatic rings. The van der Waals surface area contributed by atoms with Crippen LogP contribution >= 0.6 is 0 Å². The number of nitrogens with one attached hydrogen (secondary N) is 1. The van der Waals surface area contributed by atoms with Crippen LogP contribution in [0.5, 0.6) is 5.75 Å². The summed E-state index contributed by atoms with van der Waals surface area (Å²) >= 11 is 0. The summed E-state index contributed by atoms with van der Waals surface area (Å²) in [6, 6.07) is 13.8. The maximum Gasteiger partial charge on any atom is 0.451 e. The highest BCUT2D eigenvalue weighted by Crippen LogP contribution is 2.36. The maximum atomic E-state index is 13.1. The van der Waals surface area contributed by atoms with E-state index in [-0.39, 0.29) is 17.4 Å². The first-order chi connectivity index (χ1) is 11.5. The molecule has 122 valence electrons. The Morgan fingerprint density at radius 1 is 1.00 bits per heavy atom. The molecule has 4 nitrogen and oxygen atoms in total. The van der Waals surface area contributed by atoms with Gasteiger partial charge in [-0.2, -0.15) is 13.2 Å². The van der Waals surface area contributed by atoms with Crippen molar-refractivity contribution < 1.29 is 17.9 Å². The third-order valence-electron chi connectivity index (χ3n) is 3.87. The van der Waals surface area contributed by atoms with Crippen molar-refractivity contribution in [1.29, 1.82) is 0 Å². The Kier molecular flexibility index (Phi) is 3.30. The van der Waals surface area contributed by atoms with E-state index in [1.807, 2.05) is 24.3 Å². The third-order valence-corrected chi connectivity index (χ3v) is 3.87. The molecular weight excluding hydrogens is 319 g/mol. The second kappa shape index (κ2) is 5.36. The SMILES string of the molecule is FC(F)(F)c1nc(N[C@@H]2COc3ccccc32)c2ccccc2n1. The zero-order chi connectivity index (χ0) is 16.7. The van der Waals surface area contributed by atoms with Crippen LogP contribution in [0.15, 0.2) is 48.5 Å². The lowest BCUT2D eigenvalue weighted by molar-refractivity contribution is -0.144. The highest BCUT2D eigenvalue weighted by atomic mass is 19.4. The molecule has 2 heterocycles. The van der Waals surface area contributed by atoms with Crippen molar-refractivity contribution in [3.05, 3.63) is 59.9 Å². The van der Waals surface area contributed by atoms with Crippen molar-refractivity contribution in [3.63, 3.8) is 0 Å². The van der Waals surface area contributed by atoms with E-state index in [0.717, 1.165) is 11.3 Å². The van der Waals surface area contributed by atoms with E-state index in [0.29, 0.717) is 12.0 Å². The molecule has 1 aliphatic heterocycles. The summed E-state index contributed by atoms with van der Waals surface area (Å²) in [6.45, 7) is 0.332. The first-order valence-electron chi connectivity index (χ1n) is 7.34. The molecule has 7 heteroatoms. The minimum atomic E-state index is -4.61. The monoisotopic (exact) mass is 331 g/mol. The highest BCUT2D eigenvalue weighted by molar-refractivity contribution is 5.89. The van der Waals surface area contributed by atoms with Crippen molar-refractivity contribution in [2.45, 2.75) is 12.2 Å². The van der Waals surface area contributed by atoms with Gasteiger partial charge >= 0.3 is 6.18 Å². The van der Waals surface area contributed by atoms with Gasteiger partial charge in [0.05, 0.1) is 11.6 Å². The average Bonchev–Trinajstić information content (AvgIpc) is 2.97. The predicted molar refractivity (Wildman–Crippen MR) is 82.8 cm³/mol. The number of fused-ring (bicyclic) bond motifs is 2. The lowest BCUT2D eigenvalue weighted by Crippen LogP contribution is -2.17. The minimum Gasteiger partial charge on any atom is -0.491 e. The van der Waals surface area contributed by atoms with Gasteiger partial charge in [0.1, 0.15) is 18.2 Å². The largest absolute Gasteiger partial charge is 0.491 e. The Labute approximate surface area is 135 Å². The van der Waals surface area contributed by atoms with Gasteiger partial charge in [-0.1, -0.05) is 30.3 Å². The summed E-state index contributed by atoms with van der Waals surface area (Å²) in [5.41, 5.74) is 1.14. The molecule has 4 rings (SSSR count). The van der Waals surface area contributed by atoms with Gasteiger partial charge in [-0.05, 0) is 18.2 Å². The summed E-state index contributed by atoms with van der Waals surface area (Å²) in [7, 11) is 0. The minimum absolute atomic E-state index is 0.151. The highest BCUT2D eigenvalue weighted by Gasteiger charge is 2.36. The van der Waals surface area contributed by atoms with Gasteiger partial charge in [0.15, 0.2) is 0 Å². The molecule has 1 aliphatic rings. The lowest BCUT2D eigenvalue weighted by atomic mass is 10.1. The van der Waals surface area contributed by atoms with Crippen LogP contribution in [-0.2, 0) is 6.18 Å². The fourth-order valence-electron chi connectivity index (χ4n) is 2.76. The molecular formula is C17H12F3N3O. The van der Waals surface area contributed by atoms with Crippen LogP contribution < -0.4 is 10.1 Å². The van der Waals surface area contributed by atoms with Crippen LogP contribution in [0.25, 0.3) is 10.9 Å². The normalized spacial score (nSPS) is 16.7. The van der Waals surface area contributed by atoms with Crippen molar-refractivity contribution in [3.8, 4) is 5.75 Å². The van der Waals surface area contributed by atoms with Crippen LogP contribution in [0, 0.1) is 0 Å². The molecule has 0 aliphatic carbocycles. The number of halogens is 3. The van der Waals surface area contributed by atoms with Gasteiger partial charge < -0.3 is 10.1 Å². The molecule has 0 spiro atoms. The van der Waals surface area contributed by atoms with E-state index in [4.69, 9.17) is 4.74 Å². The molecule has 1 atom stereocenters. The van der Waals surface area contributed by atoms with E-state index in [1.54, 1.807) is 18.2 Å². The van der Waals surface area contributed by atoms with Crippen LogP contribution in [0.4, 0.5) is 19.0 Å². The Balaban J connectivity index is 1.79. The number of hydrogen-bond donors (Lipinski definition) is 1. The van der Waals surface area contributed by atoms with Crippen LogP contribution in [0.2, 0.25) is 0 Å². The Morgan fingerprint density at radius 3 is 2.58 bits per heavy atom. The molecule has 0 saturated carbocycles. The van der Waals surface area contributed by atoms with Crippen molar-refractivity contribution in [2.75, 3.05) is 11.9 Å². The first kappa shape index (κ1) is 14.7. The van der Waals surface area contributed by atoms with Crippen LogP contribution in [0.3, 0.4) is 0 Å². The Bertz CT molecular complexity index is 911. The van der Waals surface area contributed by atoms with Crippen LogP contribution in [0.1, 0.15) is 17.4 Å². The van der Waals surface area contributed by atoms with E-state index in [9.17, 15) is 13.2 Å². The number of ether oxygens (including phenoxy) is 1. The second-order valence-corrected chi connectivity index (χ2v) is 5.46. The third kappa shape index (κ3) is 2.51. The van der Waals surface area contributed by atoms with Crippen molar-refractivity contribution in [1.82, 2.24) is 9.97 Å². The topological polar surface area (TPSA) is 47.0 Å². The smallest absolute Gasteiger partial charge is 0.451 e. The molecule has 0 bridgehead atoms. The number of aromatic nitrogens is 2. The first-order valence-corrected chi connectivity index (χ1v) is 7.34. The second-order valence-electron chi connectivity index (χ2n) is 5.46. The summed E-state index contributed by atoms with van der Waals surface area (Å²) in [5, 5.41) is 3.61. The fraction of sp³-hybridized carbons (Fsp3) is 0.176. The molecule has 2 aromatic carbocycles. The molecule has 0 saturated heterocycles. The van der Waals surface area contributed by atoms with E-state index in [1.165, 1.54) is 6.07 Å². The van der Waals surface area contributed by atoms with E-state index < -0.39 is 12.0 Å². The van der Waals surface area contributed by atoms with Gasteiger partial charge in [0.25, 0.3) is 0 Å². The fourth-order valence-corrected chi connectivity index (χ4v) is 2.76. The summed E-state index contributed by atoms with van der Waals surface area (Å²) in [6.07, 6.45) is -4.61. The predicted octanol–water partition coefficient (Wildman–Crippen LogP) is 4.19. The van der Waals surface area contributed by atoms with Gasteiger partial charge in [0.2, 0.25) is 5.82 Å². The molecule has 0 unspecified atom stereocenters. The number of para-hydroxylation sites is 2. The van der Waals surface area contributed by atoms with Gasteiger partial charge in [-0.15, -0.1) is 0 Å². The van der Waals surface area contributed by atoms with Crippen molar-refractivity contribution in [2.24, 2.45) is 0 Å². The Morgan fingerprint density at radius 2 is 1.75 bits per heavy atom. The lowest BCUT2D eigenvalue weighted by Gasteiger charge is -2.16. The van der Waals surface area contributed by atoms with E-state index >= 15 is 0 Å². The quantitative estimate of drug-likeness (QED) is 0.765. The van der Waals surface area contributed by atoms with Gasteiger partial charge in [-0.25, -0.2) is 9.97 Å². The average molecular weight is 331 g/mol. The number of rotatable bonds is 2. The summed E-state index contributed by atoms with van der Waals surface area (Å²) < 4.78 is 44.8. The molecule has 0 fully saturated rings. The molecule has 24 heavy (non-hydrogen) atoms. The standard InChI is InChI=1S/C17H12F3N3O/c18-17(19,20)16-22-12-7-3-1-6-11(12)15(23-16)21-13-9-24-14-8-4-2-5-10(13)14/h1-8,13H,9H2,(H,21,22,23)/t13-/m1/s1. The summed E-state index contributed by atoms with van der Waals surface area (Å²) in [4.78, 5) is 7.32. The molecule has 0 radical (unpaired) electrons. The van der Waals surface area contributed by atoms with Gasteiger partial charge in [0, 0.05) is 10.9 Å². The number of anilines is 1. The number of hydrogen-bond acceptors (Lipinski definition) is 4. The number of alkyl halides is 3. The van der Waals surface area contributed by atoms with Crippen molar-refractivity contribution >= 4 is 16.7 Å². The molecule has 0 amide bonds. The Hall–Kier alpha value is -2.83. The number of benzene rings is 2. The van der Waals surface area contributed by atoms with Gasteiger partial charge in [-0.3, -0.25) is 0 Å². The maximum absolute atomic E-state index is 13.1. The zero-order valence-electron chi connectivity index (χ0n) is 12.3. The number of nitrogens with zero attached hydrogens (tertiary/aromatic N) is 2. The van der Waals surface area contributed by atoms with E-state index in [2.05, 4.69) is 15.3 Å². The summed E-state index contributed by atoms with van der Waals surface area (Å²) in [5.74, 6) is -0.279. The van der Waals surface area contributed by atoms with Crippen LogP contribution in [-0.4, -0.2) is 16.6 Å². The molecule has 1 N–H and O–H groups in total.